The van der Waals surface area contributed by atoms with E-state index in [9.17, 15) is 4.79 Å². The van der Waals surface area contributed by atoms with E-state index in [1.54, 1.807) is 12.2 Å². The SMILES string of the molecule is CC=CC(=O)N(CC=C(C)CCC=C(C)C)C(C)(C)C. The van der Waals surface area contributed by atoms with E-state index in [1.165, 1.54) is 11.1 Å². The van der Waals surface area contributed by atoms with Gasteiger partial charge in [0.15, 0.2) is 0 Å². The van der Waals surface area contributed by atoms with Crippen LogP contribution in [0.1, 0.15) is 61.3 Å². The van der Waals surface area contributed by atoms with Gasteiger partial charge in [-0.05, 0) is 67.4 Å². The molecule has 0 aromatic carbocycles. The first-order chi connectivity index (χ1) is 9.18. The second-order valence-corrected chi connectivity index (χ2v) is 6.49. The normalized spacial score (nSPS) is 12.7. The molecule has 0 aromatic heterocycles. The van der Waals surface area contributed by atoms with E-state index in [4.69, 9.17) is 0 Å². The Morgan fingerprint density at radius 2 is 1.70 bits per heavy atom. The highest BCUT2D eigenvalue weighted by Gasteiger charge is 2.23. The summed E-state index contributed by atoms with van der Waals surface area (Å²) in [6, 6.07) is 0. The summed E-state index contributed by atoms with van der Waals surface area (Å²) in [6.07, 6.45) is 9.99. The number of carbonyl (C=O) groups excluding carboxylic acids is 1. The lowest BCUT2D eigenvalue weighted by molar-refractivity contribution is -0.129. The zero-order valence-corrected chi connectivity index (χ0v) is 14.3. The van der Waals surface area contributed by atoms with E-state index in [1.807, 2.05) is 11.8 Å². The molecule has 2 heteroatoms. The maximum Gasteiger partial charge on any atom is 0.246 e. The minimum Gasteiger partial charge on any atom is -0.331 e. The summed E-state index contributed by atoms with van der Waals surface area (Å²) in [6.45, 7) is 15.1. The molecule has 0 aromatic rings. The van der Waals surface area contributed by atoms with Gasteiger partial charge in [-0.3, -0.25) is 4.79 Å². The summed E-state index contributed by atoms with van der Waals surface area (Å²) in [4.78, 5) is 14.0. The van der Waals surface area contributed by atoms with Crippen molar-refractivity contribution >= 4 is 5.91 Å². The third-order valence-corrected chi connectivity index (χ3v) is 3.10. The second kappa shape index (κ2) is 8.78. The summed E-state index contributed by atoms with van der Waals surface area (Å²) in [7, 11) is 0. The number of amides is 1. The molecular formula is C18H31NO. The molecule has 0 N–H and O–H groups in total. The van der Waals surface area contributed by atoms with Gasteiger partial charge < -0.3 is 4.90 Å². The van der Waals surface area contributed by atoms with Gasteiger partial charge in [0.2, 0.25) is 5.91 Å². The Labute approximate surface area is 125 Å². The Bertz CT molecular complexity index is 390. The van der Waals surface area contributed by atoms with Crippen LogP contribution < -0.4 is 0 Å². The van der Waals surface area contributed by atoms with Crippen molar-refractivity contribution < 1.29 is 4.79 Å². The molecule has 114 valence electrons. The maximum atomic E-state index is 12.1. The van der Waals surface area contributed by atoms with Crippen molar-refractivity contribution in [3.63, 3.8) is 0 Å². The molecule has 0 saturated carbocycles. The molecule has 0 atom stereocenters. The lowest BCUT2D eigenvalue weighted by Crippen LogP contribution is -2.45. The van der Waals surface area contributed by atoms with E-state index < -0.39 is 0 Å². The van der Waals surface area contributed by atoms with Crippen LogP contribution >= 0.6 is 0 Å². The van der Waals surface area contributed by atoms with Crippen molar-refractivity contribution in [3.8, 4) is 0 Å². The Balaban J connectivity index is 4.68. The van der Waals surface area contributed by atoms with Crippen LogP contribution in [-0.2, 0) is 4.79 Å². The predicted octanol–water partition coefficient (Wildman–Crippen LogP) is 4.88. The zero-order valence-electron chi connectivity index (χ0n) is 14.3. The van der Waals surface area contributed by atoms with Crippen LogP contribution in [0.5, 0.6) is 0 Å². The molecule has 0 radical (unpaired) electrons. The first kappa shape index (κ1) is 18.7. The fourth-order valence-corrected chi connectivity index (χ4v) is 1.86. The van der Waals surface area contributed by atoms with Crippen molar-refractivity contribution in [1.29, 1.82) is 0 Å². The van der Waals surface area contributed by atoms with Crippen LogP contribution in [0.3, 0.4) is 0 Å². The monoisotopic (exact) mass is 277 g/mol. The minimum absolute atomic E-state index is 0.0772. The molecule has 0 aliphatic rings. The molecule has 0 heterocycles. The van der Waals surface area contributed by atoms with Crippen molar-refractivity contribution in [2.75, 3.05) is 6.54 Å². The molecule has 0 saturated heterocycles. The van der Waals surface area contributed by atoms with Gasteiger partial charge in [-0.15, -0.1) is 0 Å². The molecule has 20 heavy (non-hydrogen) atoms. The van der Waals surface area contributed by atoms with Crippen molar-refractivity contribution in [2.24, 2.45) is 0 Å². The molecule has 1 amide bonds. The van der Waals surface area contributed by atoms with E-state index in [-0.39, 0.29) is 11.4 Å². The number of carbonyl (C=O) groups is 1. The van der Waals surface area contributed by atoms with Gasteiger partial charge >= 0.3 is 0 Å². The predicted molar refractivity (Wildman–Crippen MR) is 88.7 cm³/mol. The molecular weight excluding hydrogens is 246 g/mol. The van der Waals surface area contributed by atoms with Gasteiger partial charge in [0.25, 0.3) is 0 Å². The Morgan fingerprint density at radius 3 is 2.15 bits per heavy atom. The third kappa shape index (κ3) is 7.98. The lowest BCUT2D eigenvalue weighted by Gasteiger charge is -2.34. The molecule has 0 bridgehead atoms. The van der Waals surface area contributed by atoms with Gasteiger partial charge in [0, 0.05) is 12.1 Å². The fraction of sp³-hybridized carbons (Fsp3) is 0.611. The summed E-state index contributed by atoms with van der Waals surface area (Å²) in [5.41, 5.74) is 2.54. The highest BCUT2D eigenvalue weighted by Crippen LogP contribution is 2.15. The number of nitrogens with zero attached hydrogens (tertiary/aromatic N) is 1. The molecule has 0 aliphatic heterocycles. The number of hydrogen-bond acceptors (Lipinski definition) is 1. The second-order valence-electron chi connectivity index (χ2n) is 6.49. The molecule has 0 spiro atoms. The van der Waals surface area contributed by atoms with E-state index in [0.29, 0.717) is 6.54 Å². The van der Waals surface area contributed by atoms with Crippen LogP contribution in [-0.4, -0.2) is 22.9 Å². The molecule has 0 rings (SSSR count). The smallest absolute Gasteiger partial charge is 0.246 e. The van der Waals surface area contributed by atoms with Crippen LogP contribution in [0.15, 0.2) is 35.5 Å². The Morgan fingerprint density at radius 1 is 1.10 bits per heavy atom. The maximum absolute atomic E-state index is 12.1. The van der Waals surface area contributed by atoms with Gasteiger partial charge in [-0.1, -0.05) is 29.4 Å². The Hall–Kier alpha value is -1.31. The molecule has 0 unspecified atom stereocenters. The van der Waals surface area contributed by atoms with Gasteiger partial charge in [-0.25, -0.2) is 0 Å². The van der Waals surface area contributed by atoms with Crippen LogP contribution in [0, 0.1) is 0 Å². The van der Waals surface area contributed by atoms with Gasteiger partial charge in [-0.2, -0.15) is 0 Å². The standard InChI is InChI=1S/C18H31NO/c1-8-10-17(20)19(18(5,6)7)14-13-16(4)12-9-11-15(2)3/h8,10-11,13H,9,12,14H2,1-7H3. The van der Waals surface area contributed by atoms with Gasteiger partial charge in [0.1, 0.15) is 0 Å². The highest BCUT2D eigenvalue weighted by molar-refractivity contribution is 5.88. The third-order valence-electron chi connectivity index (χ3n) is 3.10. The van der Waals surface area contributed by atoms with E-state index in [2.05, 4.69) is 53.7 Å². The summed E-state index contributed by atoms with van der Waals surface area (Å²) in [5.74, 6) is 0.0772. The number of allylic oxidation sites excluding steroid dienone is 4. The number of rotatable bonds is 6. The quantitative estimate of drug-likeness (QED) is 0.500. The first-order valence-corrected chi connectivity index (χ1v) is 7.41. The first-order valence-electron chi connectivity index (χ1n) is 7.41. The average molecular weight is 277 g/mol. The fourth-order valence-electron chi connectivity index (χ4n) is 1.86. The summed E-state index contributed by atoms with van der Waals surface area (Å²) in [5, 5.41) is 0. The highest BCUT2D eigenvalue weighted by atomic mass is 16.2. The van der Waals surface area contributed by atoms with E-state index in [0.717, 1.165) is 12.8 Å². The topological polar surface area (TPSA) is 20.3 Å². The minimum atomic E-state index is -0.159. The van der Waals surface area contributed by atoms with Crippen molar-refractivity contribution in [1.82, 2.24) is 4.90 Å². The largest absolute Gasteiger partial charge is 0.331 e. The Kier molecular flexibility index (Phi) is 8.21. The molecule has 2 nitrogen and oxygen atoms in total. The summed E-state index contributed by atoms with van der Waals surface area (Å²) < 4.78 is 0. The molecule has 0 aliphatic carbocycles. The van der Waals surface area contributed by atoms with Crippen molar-refractivity contribution in [3.05, 3.63) is 35.5 Å². The zero-order chi connectivity index (χ0) is 15.8. The van der Waals surface area contributed by atoms with Crippen molar-refractivity contribution in [2.45, 2.75) is 66.8 Å². The number of hydrogen-bond donors (Lipinski definition) is 0. The lowest BCUT2D eigenvalue weighted by atomic mass is 10.0. The molecule has 0 fully saturated rings. The average Bonchev–Trinajstić information content (AvgIpc) is 2.27. The van der Waals surface area contributed by atoms with Gasteiger partial charge in [0.05, 0.1) is 0 Å². The van der Waals surface area contributed by atoms with Crippen LogP contribution in [0.25, 0.3) is 0 Å². The van der Waals surface area contributed by atoms with Crippen LogP contribution in [0.2, 0.25) is 0 Å². The summed E-state index contributed by atoms with van der Waals surface area (Å²) >= 11 is 0. The van der Waals surface area contributed by atoms with E-state index >= 15 is 0 Å². The van der Waals surface area contributed by atoms with Crippen LogP contribution in [0.4, 0.5) is 0 Å².